The van der Waals surface area contributed by atoms with E-state index < -0.39 is 34.6 Å². The summed E-state index contributed by atoms with van der Waals surface area (Å²) in [6, 6.07) is 0. The van der Waals surface area contributed by atoms with Crippen molar-refractivity contribution in [2.75, 3.05) is 13.2 Å². The summed E-state index contributed by atoms with van der Waals surface area (Å²) in [6.45, 7) is -3.54. The van der Waals surface area contributed by atoms with Crippen LogP contribution in [0.25, 0.3) is 0 Å². The highest BCUT2D eigenvalue weighted by atomic mass is 32.2. The molecular weight excluding hydrogens is 237 g/mol. The third-order valence-corrected chi connectivity index (χ3v) is 2.19. The van der Waals surface area contributed by atoms with E-state index in [1.54, 1.807) is 0 Å². The average Bonchev–Trinajstić information content (AvgIpc) is 1.99. The molecule has 0 bridgehead atoms. The Hall–Kier alpha value is -0.480. The standard InChI is InChI=1S/C4H6F5NO3S/c5-3(6,2-11)1-10-14(12,13)4(7,8)9/h10-11H,1-2H2. The van der Waals surface area contributed by atoms with Gasteiger partial charge in [-0.05, 0) is 0 Å². The Morgan fingerprint density at radius 2 is 1.57 bits per heavy atom. The van der Waals surface area contributed by atoms with Crippen molar-refractivity contribution in [3.8, 4) is 0 Å². The minimum absolute atomic E-state index is 0.627. The predicted octanol–water partition coefficient (Wildman–Crippen LogP) is 0.0532. The molecule has 0 amide bonds. The van der Waals surface area contributed by atoms with Crippen molar-refractivity contribution < 1.29 is 35.5 Å². The molecule has 0 rings (SSSR count). The number of hydrogen-bond acceptors (Lipinski definition) is 3. The van der Waals surface area contributed by atoms with Crippen molar-refractivity contribution in [1.82, 2.24) is 4.72 Å². The Bertz CT molecular complexity index is 284. The van der Waals surface area contributed by atoms with E-state index in [0.29, 0.717) is 4.72 Å². The fourth-order valence-corrected chi connectivity index (χ4v) is 0.903. The number of sulfonamides is 1. The smallest absolute Gasteiger partial charge is 0.390 e. The molecule has 0 saturated carbocycles. The first-order valence-electron chi connectivity index (χ1n) is 3.06. The van der Waals surface area contributed by atoms with Crippen molar-refractivity contribution in [3.05, 3.63) is 0 Å². The summed E-state index contributed by atoms with van der Waals surface area (Å²) >= 11 is 0. The summed E-state index contributed by atoms with van der Waals surface area (Å²) in [5, 5.41) is 7.93. The van der Waals surface area contributed by atoms with Crippen LogP contribution in [0.3, 0.4) is 0 Å². The van der Waals surface area contributed by atoms with E-state index in [2.05, 4.69) is 0 Å². The molecule has 0 saturated heterocycles. The van der Waals surface area contributed by atoms with Crippen molar-refractivity contribution in [1.29, 1.82) is 0 Å². The molecule has 0 aromatic rings. The van der Waals surface area contributed by atoms with Crippen LogP contribution in [-0.4, -0.2) is 38.1 Å². The van der Waals surface area contributed by atoms with Crippen LogP contribution in [-0.2, 0) is 10.0 Å². The Balaban J connectivity index is 4.43. The van der Waals surface area contributed by atoms with Gasteiger partial charge in [0.25, 0.3) is 5.92 Å². The summed E-state index contributed by atoms with van der Waals surface area (Å²) < 4.78 is 79.9. The van der Waals surface area contributed by atoms with E-state index >= 15 is 0 Å². The van der Waals surface area contributed by atoms with Crippen molar-refractivity contribution in [2.24, 2.45) is 0 Å². The normalized spacial score (nSPS) is 14.4. The molecule has 2 N–H and O–H groups in total. The molecule has 4 nitrogen and oxygen atoms in total. The van der Waals surface area contributed by atoms with Crippen LogP contribution in [0.4, 0.5) is 22.0 Å². The highest BCUT2D eigenvalue weighted by molar-refractivity contribution is 7.90. The largest absolute Gasteiger partial charge is 0.511 e. The fraction of sp³-hybridized carbons (Fsp3) is 1.00. The van der Waals surface area contributed by atoms with Crippen molar-refractivity contribution >= 4 is 10.0 Å². The van der Waals surface area contributed by atoms with Crippen molar-refractivity contribution in [3.63, 3.8) is 0 Å². The fourth-order valence-electron chi connectivity index (χ4n) is 0.338. The van der Waals surface area contributed by atoms with Gasteiger partial charge in [0.15, 0.2) is 0 Å². The quantitative estimate of drug-likeness (QED) is 0.686. The number of halogens is 5. The second-order valence-corrected chi connectivity index (χ2v) is 4.04. The minimum Gasteiger partial charge on any atom is -0.390 e. The molecule has 0 heterocycles. The highest BCUT2D eigenvalue weighted by Crippen LogP contribution is 2.22. The Morgan fingerprint density at radius 3 is 1.86 bits per heavy atom. The SMILES string of the molecule is O=S(=O)(NCC(F)(F)CO)C(F)(F)F. The Kier molecular flexibility index (Phi) is 3.81. The molecule has 86 valence electrons. The molecule has 0 aliphatic heterocycles. The molecule has 0 aromatic carbocycles. The van der Waals surface area contributed by atoms with Gasteiger partial charge in [-0.3, -0.25) is 0 Å². The molecule has 0 aliphatic carbocycles. The van der Waals surface area contributed by atoms with Crippen LogP contribution in [0, 0.1) is 0 Å². The van der Waals surface area contributed by atoms with E-state index in [-0.39, 0.29) is 0 Å². The third-order valence-electron chi connectivity index (χ3n) is 1.06. The first-order valence-corrected chi connectivity index (χ1v) is 4.55. The maximum atomic E-state index is 12.1. The third kappa shape index (κ3) is 3.72. The van der Waals surface area contributed by atoms with Gasteiger partial charge in [-0.2, -0.15) is 13.2 Å². The zero-order chi connectivity index (χ0) is 11.6. The molecule has 0 aromatic heterocycles. The minimum atomic E-state index is -5.78. The van der Waals surface area contributed by atoms with Crippen LogP contribution < -0.4 is 4.72 Å². The lowest BCUT2D eigenvalue weighted by Gasteiger charge is -2.15. The second kappa shape index (κ2) is 3.95. The zero-order valence-corrected chi connectivity index (χ0v) is 7.29. The monoisotopic (exact) mass is 243 g/mol. The average molecular weight is 243 g/mol. The first kappa shape index (κ1) is 13.5. The topological polar surface area (TPSA) is 66.4 Å². The summed E-state index contributed by atoms with van der Waals surface area (Å²) in [6.07, 6.45) is 0. The predicted molar refractivity (Wildman–Crippen MR) is 35.0 cm³/mol. The number of aliphatic hydroxyl groups is 1. The maximum absolute atomic E-state index is 12.1. The molecule has 0 aliphatic rings. The van der Waals surface area contributed by atoms with Gasteiger partial charge in [-0.1, -0.05) is 0 Å². The highest BCUT2D eigenvalue weighted by Gasteiger charge is 2.47. The molecule has 14 heavy (non-hydrogen) atoms. The van der Waals surface area contributed by atoms with E-state index in [9.17, 15) is 30.4 Å². The van der Waals surface area contributed by atoms with Crippen LogP contribution in [0.15, 0.2) is 0 Å². The zero-order valence-electron chi connectivity index (χ0n) is 6.48. The molecule has 0 unspecified atom stereocenters. The summed E-state index contributed by atoms with van der Waals surface area (Å²) in [4.78, 5) is 0. The van der Waals surface area contributed by atoms with Crippen molar-refractivity contribution in [2.45, 2.75) is 11.4 Å². The lowest BCUT2D eigenvalue weighted by molar-refractivity contribution is -0.0534. The van der Waals surface area contributed by atoms with E-state index in [4.69, 9.17) is 5.11 Å². The van der Waals surface area contributed by atoms with Gasteiger partial charge >= 0.3 is 15.5 Å². The summed E-state index contributed by atoms with van der Waals surface area (Å²) in [5.41, 5.74) is -5.64. The number of nitrogens with one attached hydrogen (secondary N) is 1. The van der Waals surface area contributed by atoms with Gasteiger partial charge in [0.1, 0.15) is 6.61 Å². The lowest BCUT2D eigenvalue weighted by atomic mass is 10.4. The Morgan fingerprint density at radius 1 is 1.14 bits per heavy atom. The van der Waals surface area contributed by atoms with Gasteiger partial charge in [0.05, 0.1) is 6.54 Å². The van der Waals surface area contributed by atoms with Crippen LogP contribution in [0.2, 0.25) is 0 Å². The molecular formula is C4H6F5NO3S. The first-order chi connectivity index (χ1) is 6.02. The van der Waals surface area contributed by atoms with E-state index in [1.165, 1.54) is 0 Å². The molecule has 0 radical (unpaired) electrons. The molecule has 10 heteroatoms. The van der Waals surface area contributed by atoms with E-state index in [0.717, 1.165) is 0 Å². The number of hydrogen-bond donors (Lipinski definition) is 2. The van der Waals surface area contributed by atoms with Gasteiger partial charge in [-0.25, -0.2) is 21.9 Å². The number of aliphatic hydroxyl groups excluding tert-OH is 1. The summed E-state index contributed by atoms with van der Waals surface area (Å²) in [7, 11) is -5.78. The molecule has 0 spiro atoms. The Labute approximate surface area is 75.8 Å². The van der Waals surface area contributed by atoms with Gasteiger partial charge < -0.3 is 5.11 Å². The number of alkyl halides is 5. The van der Waals surface area contributed by atoms with Crippen LogP contribution >= 0.6 is 0 Å². The van der Waals surface area contributed by atoms with Gasteiger partial charge in [0, 0.05) is 0 Å². The van der Waals surface area contributed by atoms with Crippen LogP contribution in [0.5, 0.6) is 0 Å². The molecule has 0 atom stereocenters. The van der Waals surface area contributed by atoms with Crippen LogP contribution in [0.1, 0.15) is 0 Å². The van der Waals surface area contributed by atoms with Gasteiger partial charge in [-0.15, -0.1) is 0 Å². The summed E-state index contributed by atoms with van der Waals surface area (Å²) in [5.74, 6) is -3.92. The maximum Gasteiger partial charge on any atom is 0.511 e. The lowest BCUT2D eigenvalue weighted by Crippen LogP contribution is -2.44. The number of rotatable bonds is 4. The molecule has 0 fully saturated rings. The second-order valence-electron chi connectivity index (χ2n) is 2.28. The van der Waals surface area contributed by atoms with E-state index in [1.807, 2.05) is 0 Å². The van der Waals surface area contributed by atoms with Gasteiger partial charge in [0.2, 0.25) is 0 Å².